The number of hydrogen-bond acceptors (Lipinski definition) is 3. The number of fused-ring (bicyclic) bond motifs is 1. The maximum atomic E-state index is 13.2. The Hall–Kier alpha value is -2.31. The van der Waals surface area contributed by atoms with Gasteiger partial charge in [-0.15, -0.1) is 0 Å². The lowest BCUT2D eigenvalue weighted by Gasteiger charge is -2.30. The molecule has 31 heavy (non-hydrogen) atoms. The lowest BCUT2D eigenvalue weighted by atomic mass is 10.0. The molecule has 6 heteroatoms. The summed E-state index contributed by atoms with van der Waals surface area (Å²) in [5.74, 6) is 0.430. The summed E-state index contributed by atoms with van der Waals surface area (Å²) in [4.78, 5) is 14.8. The van der Waals surface area contributed by atoms with Gasteiger partial charge < -0.3 is 18.9 Å². The van der Waals surface area contributed by atoms with E-state index in [2.05, 4.69) is 39.6 Å². The smallest absolute Gasteiger partial charge is 0.340 e. The first kappa shape index (κ1) is 21.9. The number of halogens is 1. The van der Waals surface area contributed by atoms with E-state index in [1.54, 1.807) is 7.11 Å². The van der Waals surface area contributed by atoms with Crippen LogP contribution in [0.5, 0.6) is 5.75 Å². The zero-order valence-corrected chi connectivity index (χ0v) is 20.0. The van der Waals surface area contributed by atoms with Gasteiger partial charge in [0.05, 0.1) is 47.6 Å². The largest absolute Gasteiger partial charge is 0.496 e. The summed E-state index contributed by atoms with van der Waals surface area (Å²) < 4.78 is 14.2. The molecule has 0 spiro atoms. The fraction of sp³-hybridized carbons (Fsp3) is 0.400. The normalized spacial score (nSPS) is 18.8. The molecule has 2 heterocycles. The number of esters is 1. The van der Waals surface area contributed by atoms with Crippen molar-refractivity contribution in [2.24, 2.45) is 0 Å². The van der Waals surface area contributed by atoms with Gasteiger partial charge in [0, 0.05) is 11.1 Å². The highest BCUT2D eigenvalue weighted by atomic mass is 79.9. The molecule has 0 saturated carbocycles. The third-order valence-corrected chi connectivity index (χ3v) is 6.93. The first-order chi connectivity index (χ1) is 15.0. The molecule has 5 nitrogen and oxygen atoms in total. The third kappa shape index (κ3) is 4.23. The zero-order valence-electron chi connectivity index (χ0n) is 18.4. The van der Waals surface area contributed by atoms with Crippen molar-refractivity contribution in [1.82, 2.24) is 4.57 Å². The highest BCUT2D eigenvalue weighted by molar-refractivity contribution is 9.10. The second kappa shape index (κ2) is 9.45. The van der Waals surface area contributed by atoms with Crippen molar-refractivity contribution in [2.75, 3.05) is 20.3 Å². The van der Waals surface area contributed by atoms with Gasteiger partial charge in [-0.1, -0.05) is 18.2 Å². The molecule has 1 unspecified atom stereocenters. The van der Waals surface area contributed by atoms with E-state index in [-0.39, 0.29) is 5.97 Å². The molecular weight excluding hydrogens is 456 g/mol. The number of quaternary nitrogens is 1. The van der Waals surface area contributed by atoms with E-state index in [9.17, 15) is 4.79 Å². The third-order valence-electron chi connectivity index (χ3n) is 6.31. The van der Waals surface area contributed by atoms with Crippen molar-refractivity contribution < 1.29 is 19.2 Å². The van der Waals surface area contributed by atoms with Crippen molar-refractivity contribution in [1.29, 1.82) is 0 Å². The number of nitrogens with one attached hydrogen (secondary N) is 1. The average Bonchev–Trinajstić information content (AvgIpc) is 3.08. The highest BCUT2D eigenvalue weighted by Gasteiger charge is 2.31. The Labute approximate surface area is 192 Å². The molecular formula is C25H30BrN2O3+. The van der Waals surface area contributed by atoms with Gasteiger partial charge >= 0.3 is 5.97 Å². The molecule has 2 atom stereocenters. The summed E-state index contributed by atoms with van der Waals surface area (Å²) >= 11 is 3.63. The minimum absolute atomic E-state index is 0.273. The molecule has 3 aromatic rings. The molecule has 0 radical (unpaired) electrons. The number of hydrogen-bond donors (Lipinski definition) is 1. The second-order valence-electron chi connectivity index (χ2n) is 8.20. The van der Waals surface area contributed by atoms with Crippen molar-refractivity contribution in [3.8, 4) is 11.4 Å². The van der Waals surface area contributed by atoms with Crippen molar-refractivity contribution >= 4 is 32.8 Å². The van der Waals surface area contributed by atoms with Crippen LogP contribution < -0.4 is 9.64 Å². The van der Waals surface area contributed by atoms with Crippen molar-refractivity contribution in [2.45, 2.75) is 45.7 Å². The van der Waals surface area contributed by atoms with E-state index in [1.807, 2.05) is 37.3 Å². The summed E-state index contributed by atoms with van der Waals surface area (Å²) in [7, 11) is 1.64. The number of nitrogens with zero attached hydrogens (tertiary/aromatic N) is 1. The van der Waals surface area contributed by atoms with Crippen LogP contribution in [-0.4, -0.2) is 36.8 Å². The van der Waals surface area contributed by atoms with Gasteiger partial charge in [0.1, 0.15) is 12.3 Å². The highest BCUT2D eigenvalue weighted by Crippen LogP contribution is 2.37. The minimum atomic E-state index is -0.273. The standard InChI is InChI=1S/C25H29BrN2O3/c1-4-31-25(29)24-19-14-23(30-3)20(26)15-21(19)28(18-11-6-5-7-12-18)22(24)16-27-13-9-8-10-17(27)2/h5-7,11-12,14-15,17H,4,8-10,13,16H2,1-3H3/p+1/t17-/m0/s1. The minimum Gasteiger partial charge on any atom is -0.496 e. The quantitative estimate of drug-likeness (QED) is 0.521. The van der Waals surface area contributed by atoms with E-state index in [4.69, 9.17) is 9.47 Å². The van der Waals surface area contributed by atoms with Gasteiger partial charge in [0.15, 0.2) is 0 Å². The molecule has 1 saturated heterocycles. The van der Waals surface area contributed by atoms with Gasteiger partial charge in [-0.3, -0.25) is 0 Å². The number of carbonyl (C=O) groups is 1. The number of para-hydroxylation sites is 1. The Morgan fingerprint density at radius 1 is 1.23 bits per heavy atom. The average molecular weight is 486 g/mol. The Morgan fingerprint density at radius 3 is 2.68 bits per heavy atom. The van der Waals surface area contributed by atoms with Crippen LogP contribution in [0, 0.1) is 0 Å². The summed E-state index contributed by atoms with van der Waals surface area (Å²) in [6.45, 7) is 6.40. The monoisotopic (exact) mass is 485 g/mol. The van der Waals surface area contributed by atoms with Gasteiger partial charge in [-0.25, -0.2) is 4.79 Å². The fourth-order valence-electron chi connectivity index (χ4n) is 4.70. The fourth-order valence-corrected chi connectivity index (χ4v) is 5.19. The SMILES string of the molecule is CCOC(=O)c1c(C[NH+]2CCCC[C@@H]2C)n(-c2ccccc2)c2cc(Br)c(OC)cc12. The number of piperidine rings is 1. The molecule has 1 aliphatic rings. The Kier molecular flexibility index (Phi) is 6.68. The predicted octanol–water partition coefficient (Wildman–Crippen LogP) is 4.54. The Bertz CT molecular complexity index is 1080. The van der Waals surface area contributed by atoms with Crippen LogP contribution in [0.25, 0.3) is 16.6 Å². The van der Waals surface area contributed by atoms with Crippen LogP contribution in [0.2, 0.25) is 0 Å². The number of carbonyl (C=O) groups excluding carboxylic acids is 1. The predicted molar refractivity (Wildman–Crippen MR) is 126 cm³/mol. The number of likely N-dealkylation sites (tertiary alicyclic amines) is 1. The Morgan fingerprint density at radius 2 is 2.00 bits per heavy atom. The molecule has 1 fully saturated rings. The van der Waals surface area contributed by atoms with E-state index in [1.165, 1.54) is 24.2 Å². The molecule has 0 aliphatic carbocycles. The number of ether oxygens (including phenoxy) is 2. The molecule has 164 valence electrons. The lowest BCUT2D eigenvalue weighted by molar-refractivity contribution is -0.942. The number of benzene rings is 2. The Balaban J connectivity index is 2.00. The first-order valence-electron chi connectivity index (χ1n) is 11.0. The van der Waals surface area contributed by atoms with Crippen molar-refractivity contribution in [3.63, 3.8) is 0 Å². The van der Waals surface area contributed by atoms with Gasteiger partial charge in [-0.05, 0) is 73.3 Å². The zero-order chi connectivity index (χ0) is 22.0. The van der Waals surface area contributed by atoms with Crippen LogP contribution >= 0.6 is 15.9 Å². The first-order valence-corrected chi connectivity index (χ1v) is 11.8. The van der Waals surface area contributed by atoms with Gasteiger partial charge in [-0.2, -0.15) is 0 Å². The topological polar surface area (TPSA) is 44.9 Å². The molecule has 1 aromatic heterocycles. The van der Waals surface area contributed by atoms with Crippen LogP contribution in [0.15, 0.2) is 46.9 Å². The van der Waals surface area contributed by atoms with Crippen LogP contribution in [0.4, 0.5) is 0 Å². The van der Waals surface area contributed by atoms with E-state index >= 15 is 0 Å². The number of rotatable bonds is 6. The molecule has 2 aromatic carbocycles. The van der Waals surface area contributed by atoms with E-state index in [0.717, 1.165) is 39.8 Å². The summed E-state index contributed by atoms with van der Waals surface area (Å²) in [6, 6.07) is 14.8. The van der Waals surface area contributed by atoms with Crippen LogP contribution in [0.3, 0.4) is 0 Å². The molecule has 1 N–H and O–H groups in total. The molecule has 0 amide bonds. The maximum Gasteiger partial charge on any atom is 0.340 e. The number of aromatic nitrogens is 1. The summed E-state index contributed by atoms with van der Waals surface area (Å²) in [5.41, 5.74) is 3.67. The van der Waals surface area contributed by atoms with Gasteiger partial charge in [0.25, 0.3) is 0 Å². The van der Waals surface area contributed by atoms with Crippen molar-refractivity contribution in [3.05, 3.63) is 58.2 Å². The van der Waals surface area contributed by atoms with E-state index in [0.29, 0.717) is 24.0 Å². The summed E-state index contributed by atoms with van der Waals surface area (Å²) in [5, 5.41) is 0.862. The van der Waals surface area contributed by atoms with Gasteiger partial charge in [0.2, 0.25) is 0 Å². The van der Waals surface area contributed by atoms with Crippen LogP contribution in [-0.2, 0) is 11.3 Å². The second-order valence-corrected chi connectivity index (χ2v) is 9.05. The molecule has 0 bridgehead atoms. The lowest BCUT2D eigenvalue weighted by Crippen LogP contribution is -3.15. The number of methoxy groups -OCH3 is 1. The summed E-state index contributed by atoms with van der Waals surface area (Å²) in [6.07, 6.45) is 3.72. The molecule has 1 aliphatic heterocycles. The maximum absolute atomic E-state index is 13.2. The molecule has 4 rings (SSSR count). The van der Waals surface area contributed by atoms with Crippen LogP contribution in [0.1, 0.15) is 49.2 Å². The van der Waals surface area contributed by atoms with E-state index < -0.39 is 0 Å².